The van der Waals surface area contributed by atoms with Gasteiger partial charge in [-0.05, 0) is 49.9 Å². The van der Waals surface area contributed by atoms with Crippen molar-refractivity contribution in [2.75, 3.05) is 0 Å². The molecule has 4 aliphatic rings. The first-order valence-corrected chi connectivity index (χ1v) is 5.79. The number of hydrogen-bond donors (Lipinski definition) is 3. The highest BCUT2D eigenvalue weighted by molar-refractivity contribution is 5.65. The summed E-state index contributed by atoms with van der Waals surface area (Å²) in [6.07, 6.45) is 4.04. The van der Waals surface area contributed by atoms with E-state index in [1.54, 1.807) is 0 Å². The summed E-state index contributed by atoms with van der Waals surface area (Å²) in [6, 6.07) is -0.220. The molecule has 4 aliphatic carbocycles. The average Bonchev–Trinajstić information content (AvgIpc) is 2.09. The van der Waals surface area contributed by atoms with Gasteiger partial charge in [0.2, 0.25) is 0 Å². The van der Waals surface area contributed by atoms with Crippen molar-refractivity contribution in [1.82, 2.24) is 5.32 Å². The van der Waals surface area contributed by atoms with Crippen molar-refractivity contribution >= 4 is 6.09 Å². The Labute approximate surface area is 88.7 Å². The lowest BCUT2D eigenvalue weighted by Crippen LogP contribution is -2.66. The van der Waals surface area contributed by atoms with Gasteiger partial charge in [0, 0.05) is 0 Å². The minimum Gasteiger partial charge on any atom is -0.465 e. The van der Waals surface area contributed by atoms with Gasteiger partial charge in [0.15, 0.2) is 0 Å². The summed E-state index contributed by atoms with van der Waals surface area (Å²) in [6.45, 7) is 0. The van der Waals surface area contributed by atoms with Gasteiger partial charge in [-0.3, -0.25) is 0 Å². The van der Waals surface area contributed by atoms with E-state index in [0.717, 1.165) is 25.7 Å². The third-order valence-corrected chi connectivity index (χ3v) is 4.55. The second kappa shape index (κ2) is 2.88. The molecule has 4 heteroatoms. The van der Waals surface area contributed by atoms with E-state index in [1.165, 1.54) is 6.42 Å². The fourth-order valence-corrected chi connectivity index (χ4v) is 4.38. The fourth-order valence-electron chi connectivity index (χ4n) is 4.38. The van der Waals surface area contributed by atoms with Gasteiger partial charge < -0.3 is 15.5 Å². The summed E-state index contributed by atoms with van der Waals surface area (Å²) < 4.78 is 0. The average molecular weight is 211 g/mol. The van der Waals surface area contributed by atoms with Crippen molar-refractivity contribution in [2.24, 2.45) is 17.8 Å². The summed E-state index contributed by atoms with van der Waals surface area (Å²) in [5.41, 5.74) is -0.743. The predicted molar refractivity (Wildman–Crippen MR) is 53.5 cm³/mol. The first kappa shape index (κ1) is 9.46. The van der Waals surface area contributed by atoms with Crippen molar-refractivity contribution in [1.29, 1.82) is 0 Å². The van der Waals surface area contributed by atoms with Gasteiger partial charge >= 0.3 is 6.09 Å². The van der Waals surface area contributed by atoms with E-state index < -0.39 is 11.7 Å². The molecule has 4 rings (SSSR count). The van der Waals surface area contributed by atoms with Crippen molar-refractivity contribution in [3.05, 3.63) is 0 Å². The van der Waals surface area contributed by atoms with Gasteiger partial charge in [0.05, 0.1) is 11.6 Å². The molecule has 3 atom stereocenters. The molecule has 0 radical (unpaired) electrons. The number of carboxylic acid groups (broad SMARTS) is 1. The molecule has 84 valence electrons. The monoisotopic (exact) mass is 211 g/mol. The molecular formula is C11H17NO3. The molecule has 2 unspecified atom stereocenters. The number of nitrogens with one attached hydrogen (secondary N) is 1. The highest BCUT2D eigenvalue weighted by atomic mass is 16.4. The molecule has 0 aromatic carbocycles. The smallest absolute Gasteiger partial charge is 0.404 e. The zero-order valence-corrected chi connectivity index (χ0v) is 8.65. The van der Waals surface area contributed by atoms with Crippen LogP contribution in [0.25, 0.3) is 0 Å². The van der Waals surface area contributed by atoms with Crippen LogP contribution < -0.4 is 5.32 Å². The van der Waals surface area contributed by atoms with E-state index in [1.807, 2.05) is 0 Å². The van der Waals surface area contributed by atoms with Crippen LogP contribution in [0.15, 0.2) is 0 Å². The van der Waals surface area contributed by atoms with E-state index >= 15 is 0 Å². The molecule has 4 saturated carbocycles. The van der Waals surface area contributed by atoms with Crippen molar-refractivity contribution in [3.63, 3.8) is 0 Å². The first-order chi connectivity index (χ1) is 7.07. The maximum absolute atomic E-state index is 10.7. The molecule has 0 spiro atoms. The van der Waals surface area contributed by atoms with E-state index in [0.29, 0.717) is 17.8 Å². The maximum Gasteiger partial charge on any atom is 0.404 e. The molecular weight excluding hydrogens is 194 g/mol. The standard InChI is InChI=1S/C11H17NO3/c13-10(14)12-9-8-2-6-1-7(3-8)5-11(9,15)4-6/h6-9,12,15H,1-5H2,(H,13,14)/t6?,7?,8?,9-,11?/m0/s1. The normalized spacial score (nSPS) is 51.8. The molecule has 0 heterocycles. The Hall–Kier alpha value is -0.770. The number of carbonyl (C=O) groups is 1. The molecule has 0 aromatic heterocycles. The van der Waals surface area contributed by atoms with Gasteiger partial charge in [-0.2, -0.15) is 0 Å². The Morgan fingerprint density at radius 3 is 2.27 bits per heavy atom. The zero-order valence-electron chi connectivity index (χ0n) is 8.65. The number of rotatable bonds is 1. The second-order valence-electron chi connectivity index (χ2n) is 5.64. The van der Waals surface area contributed by atoms with Crippen LogP contribution in [0, 0.1) is 17.8 Å². The molecule has 4 fully saturated rings. The molecule has 0 aliphatic heterocycles. The van der Waals surface area contributed by atoms with E-state index in [9.17, 15) is 9.90 Å². The van der Waals surface area contributed by atoms with E-state index in [-0.39, 0.29) is 6.04 Å². The largest absolute Gasteiger partial charge is 0.465 e. The highest BCUT2D eigenvalue weighted by Crippen LogP contribution is 2.55. The summed E-state index contributed by atoms with van der Waals surface area (Å²) in [7, 11) is 0. The first-order valence-electron chi connectivity index (χ1n) is 5.79. The minimum atomic E-state index is -0.999. The van der Waals surface area contributed by atoms with Crippen LogP contribution in [0.2, 0.25) is 0 Å². The Morgan fingerprint density at radius 1 is 1.20 bits per heavy atom. The second-order valence-corrected chi connectivity index (χ2v) is 5.64. The van der Waals surface area contributed by atoms with Gasteiger partial charge in [0.25, 0.3) is 0 Å². The molecule has 1 amide bonds. The third-order valence-electron chi connectivity index (χ3n) is 4.55. The summed E-state index contributed by atoms with van der Waals surface area (Å²) in [4.78, 5) is 10.7. The number of amides is 1. The molecule has 4 bridgehead atoms. The molecule has 0 saturated heterocycles. The van der Waals surface area contributed by atoms with Gasteiger partial charge in [-0.25, -0.2) is 4.79 Å². The lowest BCUT2D eigenvalue weighted by molar-refractivity contribution is -0.147. The SMILES string of the molecule is O=C(O)N[C@H]1C2CC3CC(C2)CC1(O)C3. The van der Waals surface area contributed by atoms with Crippen molar-refractivity contribution in [3.8, 4) is 0 Å². The molecule has 0 aromatic rings. The summed E-state index contributed by atoms with van der Waals surface area (Å²) in [5.74, 6) is 1.65. The van der Waals surface area contributed by atoms with Crippen LogP contribution in [-0.4, -0.2) is 27.9 Å². The van der Waals surface area contributed by atoms with Crippen LogP contribution in [0.4, 0.5) is 4.79 Å². The highest BCUT2D eigenvalue weighted by Gasteiger charge is 2.56. The lowest BCUT2D eigenvalue weighted by Gasteiger charge is -2.58. The molecule has 15 heavy (non-hydrogen) atoms. The topological polar surface area (TPSA) is 69.6 Å². The Balaban J connectivity index is 1.86. The zero-order chi connectivity index (χ0) is 10.6. The van der Waals surface area contributed by atoms with Crippen molar-refractivity contribution in [2.45, 2.75) is 43.7 Å². The summed E-state index contributed by atoms with van der Waals surface area (Å²) >= 11 is 0. The van der Waals surface area contributed by atoms with Gasteiger partial charge in [0.1, 0.15) is 0 Å². The lowest BCUT2D eigenvalue weighted by atomic mass is 9.52. The molecule has 3 N–H and O–H groups in total. The minimum absolute atomic E-state index is 0.220. The van der Waals surface area contributed by atoms with Crippen LogP contribution in [0.1, 0.15) is 32.1 Å². The quantitative estimate of drug-likeness (QED) is 0.610. The van der Waals surface area contributed by atoms with Gasteiger partial charge in [-0.1, -0.05) is 0 Å². The Morgan fingerprint density at radius 2 is 1.80 bits per heavy atom. The number of hydrogen-bond acceptors (Lipinski definition) is 2. The van der Waals surface area contributed by atoms with Crippen LogP contribution >= 0.6 is 0 Å². The van der Waals surface area contributed by atoms with Gasteiger partial charge in [-0.15, -0.1) is 0 Å². The van der Waals surface area contributed by atoms with E-state index in [4.69, 9.17) is 5.11 Å². The molecule has 4 nitrogen and oxygen atoms in total. The van der Waals surface area contributed by atoms with E-state index in [2.05, 4.69) is 5.32 Å². The predicted octanol–water partition coefficient (Wildman–Crippen LogP) is 1.19. The van der Waals surface area contributed by atoms with Crippen LogP contribution in [0.3, 0.4) is 0 Å². The maximum atomic E-state index is 10.7. The van der Waals surface area contributed by atoms with Crippen LogP contribution in [-0.2, 0) is 0 Å². The number of aliphatic hydroxyl groups is 1. The summed E-state index contributed by atoms with van der Waals surface area (Å²) in [5, 5.41) is 21.8. The van der Waals surface area contributed by atoms with Crippen molar-refractivity contribution < 1.29 is 15.0 Å². The third kappa shape index (κ3) is 1.34. The van der Waals surface area contributed by atoms with Crippen LogP contribution in [0.5, 0.6) is 0 Å². The fraction of sp³-hybridized carbons (Fsp3) is 0.909. The Kier molecular flexibility index (Phi) is 1.81. The Bertz CT molecular complexity index is 290.